The SMILES string of the molecule is Cc1cc(NC(=O)c2cccc(F)c2Br)ccn1. The number of pyridine rings is 1. The number of nitrogens with one attached hydrogen (secondary N) is 1. The maximum absolute atomic E-state index is 13.3. The first kappa shape index (κ1) is 12.7. The van der Waals surface area contributed by atoms with E-state index in [1.807, 2.05) is 6.92 Å². The van der Waals surface area contributed by atoms with E-state index in [2.05, 4.69) is 26.2 Å². The molecule has 0 aliphatic heterocycles. The maximum Gasteiger partial charge on any atom is 0.256 e. The molecule has 2 rings (SSSR count). The third-order valence-corrected chi connectivity index (χ3v) is 3.16. The molecular formula is C13H10BrFN2O. The van der Waals surface area contributed by atoms with Crippen LogP contribution < -0.4 is 5.32 Å². The Hall–Kier alpha value is -1.75. The summed E-state index contributed by atoms with van der Waals surface area (Å²) in [6.07, 6.45) is 1.60. The van der Waals surface area contributed by atoms with Gasteiger partial charge in [-0.1, -0.05) is 6.07 Å². The molecule has 2 aromatic rings. The Kier molecular flexibility index (Phi) is 3.72. The Labute approximate surface area is 112 Å². The highest BCUT2D eigenvalue weighted by atomic mass is 79.9. The number of anilines is 1. The number of amides is 1. The molecule has 0 fully saturated rings. The average molecular weight is 309 g/mol. The van der Waals surface area contributed by atoms with E-state index in [1.165, 1.54) is 12.1 Å². The molecule has 18 heavy (non-hydrogen) atoms. The predicted molar refractivity (Wildman–Crippen MR) is 71.0 cm³/mol. The van der Waals surface area contributed by atoms with Crippen LogP contribution in [0.4, 0.5) is 10.1 Å². The monoisotopic (exact) mass is 308 g/mol. The van der Waals surface area contributed by atoms with Crippen molar-refractivity contribution >= 4 is 27.5 Å². The molecule has 1 N–H and O–H groups in total. The van der Waals surface area contributed by atoms with E-state index in [1.54, 1.807) is 24.4 Å². The smallest absolute Gasteiger partial charge is 0.256 e. The zero-order valence-electron chi connectivity index (χ0n) is 9.58. The van der Waals surface area contributed by atoms with Gasteiger partial charge in [-0.25, -0.2) is 4.39 Å². The lowest BCUT2D eigenvalue weighted by Gasteiger charge is -2.07. The average Bonchev–Trinajstić information content (AvgIpc) is 2.32. The Morgan fingerprint density at radius 1 is 1.39 bits per heavy atom. The fourth-order valence-corrected chi connectivity index (χ4v) is 1.95. The minimum absolute atomic E-state index is 0.160. The van der Waals surface area contributed by atoms with Crippen LogP contribution in [-0.4, -0.2) is 10.9 Å². The Balaban J connectivity index is 2.25. The first-order chi connectivity index (χ1) is 8.58. The molecule has 1 heterocycles. The van der Waals surface area contributed by atoms with Crippen LogP contribution in [0.3, 0.4) is 0 Å². The van der Waals surface area contributed by atoms with Crippen molar-refractivity contribution in [3.8, 4) is 0 Å². The van der Waals surface area contributed by atoms with Crippen molar-refractivity contribution in [2.45, 2.75) is 6.92 Å². The molecule has 5 heteroatoms. The largest absolute Gasteiger partial charge is 0.322 e. The number of carbonyl (C=O) groups excluding carboxylic acids is 1. The Morgan fingerprint density at radius 2 is 2.17 bits per heavy atom. The van der Waals surface area contributed by atoms with Gasteiger partial charge >= 0.3 is 0 Å². The predicted octanol–water partition coefficient (Wildman–Crippen LogP) is 3.54. The van der Waals surface area contributed by atoms with E-state index in [-0.39, 0.29) is 15.9 Å². The van der Waals surface area contributed by atoms with Crippen molar-refractivity contribution in [1.82, 2.24) is 4.98 Å². The molecule has 0 aliphatic rings. The number of benzene rings is 1. The van der Waals surface area contributed by atoms with Gasteiger partial charge in [-0.15, -0.1) is 0 Å². The number of hydrogen-bond acceptors (Lipinski definition) is 2. The number of hydrogen-bond donors (Lipinski definition) is 1. The van der Waals surface area contributed by atoms with Crippen LogP contribution in [0.1, 0.15) is 16.1 Å². The summed E-state index contributed by atoms with van der Waals surface area (Å²) in [6, 6.07) is 7.75. The normalized spacial score (nSPS) is 10.2. The number of aryl methyl sites for hydroxylation is 1. The van der Waals surface area contributed by atoms with Crippen molar-refractivity contribution in [2.75, 3.05) is 5.32 Å². The van der Waals surface area contributed by atoms with Gasteiger partial charge in [-0.05, 0) is 47.1 Å². The summed E-state index contributed by atoms with van der Waals surface area (Å²) < 4.78 is 13.5. The fourth-order valence-electron chi connectivity index (χ4n) is 1.50. The topological polar surface area (TPSA) is 42.0 Å². The molecule has 0 aliphatic carbocycles. The zero-order chi connectivity index (χ0) is 13.1. The van der Waals surface area contributed by atoms with Crippen molar-refractivity contribution in [3.63, 3.8) is 0 Å². The van der Waals surface area contributed by atoms with Gasteiger partial charge in [-0.3, -0.25) is 9.78 Å². The summed E-state index contributed by atoms with van der Waals surface area (Å²) >= 11 is 3.06. The second-order valence-electron chi connectivity index (χ2n) is 3.74. The van der Waals surface area contributed by atoms with Crippen molar-refractivity contribution < 1.29 is 9.18 Å². The zero-order valence-corrected chi connectivity index (χ0v) is 11.2. The van der Waals surface area contributed by atoms with Gasteiger partial charge in [0, 0.05) is 17.6 Å². The molecule has 0 atom stereocenters. The van der Waals surface area contributed by atoms with Gasteiger partial charge in [0.15, 0.2) is 0 Å². The lowest BCUT2D eigenvalue weighted by atomic mass is 10.2. The van der Waals surface area contributed by atoms with Crippen LogP contribution in [0, 0.1) is 12.7 Å². The third kappa shape index (κ3) is 2.73. The number of nitrogens with zero attached hydrogens (tertiary/aromatic N) is 1. The van der Waals surface area contributed by atoms with E-state index in [4.69, 9.17) is 0 Å². The van der Waals surface area contributed by atoms with Gasteiger partial charge < -0.3 is 5.32 Å². The molecule has 1 amide bonds. The summed E-state index contributed by atoms with van der Waals surface area (Å²) in [4.78, 5) is 16.0. The van der Waals surface area contributed by atoms with Gasteiger partial charge in [0.1, 0.15) is 5.82 Å². The van der Waals surface area contributed by atoms with Crippen molar-refractivity contribution in [1.29, 1.82) is 0 Å². The van der Waals surface area contributed by atoms with E-state index in [0.29, 0.717) is 5.69 Å². The molecule has 1 aromatic carbocycles. The molecule has 0 saturated heterocycles. The van der Waals surface area contributed by atoms with Crippen LogP contribution in [0.15, 0.2) is 41.0 Å². The first-order valence-electron chi connectivity index (χ1n) is 5.26. The Bertz CT molecular complexity index is 601. The van der Waals surface area contributed by atoms with Crippen molar-refractivity contribution in [3.05, 3.63) is 58.1 Å². The summed E-state index contributed by atoms with van der Waals surface area (Å²) in [5.74, 6) is -0.833. The maximum atomic E-state index is 13.3. The van der Waals surface area contributed by atoms with Crippen LogP contribution in [0.25, 0.3) is 0 Å². The second kappa shape index (κ2) is 5.27. The molecular weight excluding hydrogens is 299 g/mol. The van der Waals surface area contributed by atoms with Crippen LogP contribution in [0.5, 0.6) is 0 Å². The highest BCUT2D eigenvalue weighted by molar-refractivity contribution is 9.10. The van der Waals surface area contributed by atoms with Gasteiger partial charge in [0.25, 0.3) is 5.91 Å². The van der Waals surface area contributed by atoms with E-state index in [0.717, 1.165) is 5.69 Å². The van der Waals surface area contributed by atoms with Crippen LogP contribution >= 0.6 is 15.9 Å². The summed E-state index contributed by atoms with van der Waals surface area (Å²) in [6.45, 7) is 1.83. The lowest BCUT2D eigenvalue weighted by Crippen LogP contribution is -2.13. The number of aromatic nitrogens is 1. The van der Waals surface area contributed by atoms with E-state index < -0.39 is 5.82 Å². The number of carbonyl (C=O) groups is 1. The molecule has 0 spiro atoms. The fraction of sp³-hybridized carbons (Fsp3) is 0.0769. The summed E-state index contributed by atoms with van der Waals surface area (Å²) in [7, 11) is 0. The molecule has 0 unspecified atom stereocenters. The number of rotatable bonds is 2. The quantitative estimate of drug-likeness (QED) is 0.922. The third-order valence-electron chi connectivity index (χ3n) is 2.35. The van der Waals surface area contributed by atoms with Gasteiger partial charge in [0.05, 0.1) is 10.0 Å². The molecule has 0 bridgehead atoms. The van der Waals surface area contributed by atoms with E-state index >= 15 is 0 Å². The lowest BCUT2D eigenvalue weighted by molar-refractivity contribution is 0.102. The standard InChI is InChI=1S/C13H10BrFN2O/c1-8-7-9(5-6-16-8)17-13(18)10-3-2-4-11(15)12(10)14/h2-7H,1H3,(H,16,17,18). The highest BCUT2D eigenvalue weighted by Gasteiger charge is 2.13. The van der Waals surface area contributed by atoms with Gasteiger partial charge in [-0.2, -0.15) is 0 Å². The minimum Gasteiger partial charge on any atom is -0.322 e. The first-order valence-corrected chi connectivity index (χ1v) is 6.05. The van der Waals surface area contributed by atoms with Crippen LogP contribution in [-0.2, 0) is 0 Å². The Morgan fingerprint density at radius 3 is 2.89 bits per heavy atom. The summed E-state index contributed by atoms with van der Waals surface area (Å²) in [5, 5.41) is 2.69. The molecule has 3 nitrogen and oxygen atoms in total. The van der Waals surface area contributed by atoms with Gasteiger partial charge in [0.2, 0.25) is 0 Å². The molecule has 92 valence electrons. The molecule has 0 radical (unpaired) electrons. The van der Waals surface area contributed by atoms with Crippen LogP contribution in [0.2, 0.25) is 0 Å². The summed E-state index contributed by atoms with van der Waals surface area (Å²) in [5.41, 5.74) is 1.68. The van der Waals surface area contributed by atoms with E-state index in [9.17, 15) is 9.18 Å². The molecule has 0 saturated carbocycles. The second-order valence-corrected chi connectivity index (χ2v) is 4.53. The van der Waals surface area contributed by atoms with Crippen molar-refractivity contribution in [2.24, 2.45) is 0 Å². The minimum atomic E-state index is -0.464. The molecule has 1 aromatic heterocycles. The number of halogens is 2. The highest BCUT2D eigenvalue weighted by Crippen LogP contribution is 2.21.